The molecule has 1 heteroatoms. The quantitative estimate of drug-likeness (QED) is 0.660. The van der Waals surface area contributed by atoms with E-state index in [1.54, 1.807) is 0 Å². The van der Waals surface area contributed by atoms with Gasteiger partial charge in [0.25, 0.3) is 0 Å². The number of fused-ring (bicyclic) bond motifs is 1. The third kappa shape index (κ3) is 1.36. The van der Waals surface area contributed by atoms with Gasteiger partial charge in [0.05, 0.1) is 12.0 Å². The summed E-state index contributed by atoms with van der Waals surface area (Å²) in [4.78, 5) is 0. The van der Waals surface area contributed by atoms with Crippen LogP contribution < -0.4 is 0 Å². The van der Waals surface area contributed by atoms with Crippen LogP contribution in [0.2, 0.25) is 0 Å². The molecule has 0 N–H and O–H groups in total. The van der Waals surface area contributed by atoms with Crippen LogP contribution in [0.4, 0.5) is 0 Å². The lowest BCUT2D eigenvalue weighted by Gasteiger charge is -2.07. The highest BCUT2D eigenvalue weighted by Gasteiger charge is 2.06. The lowest BCUT2D eigenvalue weighted by Crippen LogP contribution is -1.90. The highest BCUT2D eigenvalue weighted by atomic mass is 14.3. The minimum Gasteiger partial charge on any atom is -0.198 e. The van der Waals surface area contributed by atoms with Gasteiger partial charge in [-0.1, -0.05) is 42.5 Å². The molecule has 68 valence electrons. The van der Waals surface area contributed by atoms with E-state index in [1.165, 1.54) is 10.8 Å². The third-order valence-corrected chi connectivity index (χ3v) is 2.48. The second kappa shape index (κ2) is 3.51. The maximum atomic E-state index is 8.90. The number of rotatable bonds is 1. The smallest absolute Gasteiger partial charge is 0.0701 e. The Labute approximate surface area is 83.6 Å². The third-order valence-electron chi connectivity index (χ3n) is 2.48. The Kier molecular flexibility index (Phi) is 2.20. The first-order chi connectivity index (χ1) is 6.83. The van der Waals surface area contributed by atoms with E-state index in [-0.39, 0.29) is 5.92 Å². The second-order valence-corrected chi connectivity index (χ2v) is 3.42. The van der Waals surface area contributed by atoms with E-state index in [0.717, 1.165) is 5.56 Å². The standard InChI is InChI=1S/C13H11N/c1-10(9-14)12-8-4-6-11-5-2-3-7-13(11)12/h2-8,10H,1H3. The average molecular weight is 181 g/mol. The number of hydrogen-bond acceptors (Lipinski definition) is 1. The molecule has 0 saturated heterocycles. The molecule has 1 nitrogen and oxygen atoms in total. The normalized spacial score (nSPS) is 12.3. The molecule has 0 heterocycles. The van der Waals surface area contributed by atoms with Crippen LogP contribution in [0.25, 0.3) is 10.8 Å². The van der Waals surface area contributed by atoms with Crippen LogP contribution >= 0.6 is 0 Å². The minimum absolute atomic E-state index is 0.0406. The van der Waals surface area contributed by atoms with Gasteiger partial charge in [-0.3, -0.25) is 0 Å². The van der Waals surface area contributed by atoms with Crippen LogP contribution in [0.5, 0.6) is 0 Å². The lowest BCUT2D eigenvalue weighted by atomic mass is 9.96. The zero-order valence-corrected chi connectivity index (χ0v) is 8.07. The molecule has 0 aliphatic rings. The van der Waals surface area contributed by atoms with Crippen molar-refractivity contribution in [1.82, 2.24) is 0 Å². The number of nitriles is 1. The van der Waals surface area contributed by atoms with Crippen molar-refractivity contribution in [3.63, 3.8) is 0 Å². The predicted octanol–water partition coefficient (Wildman–Crippen LogP) is 3.47. The van der Waals surface area contributed by atoms with Crippen molar-refractivity contribution in [2.45, 2.75) is 12.8 Å². The van der Waals surface area contributed by atoms with Gasteiger partial charge in [0, 0.05) is 0 Å². The molecule has 1 unspecified atom stereocenters. The second-order valence-electron chi connectivity index (χ2n) is 3.42. The van der Waals surface area contributed by atoms with Gasteiger partial charge < -0.3 is 0 Å². The molecule has 0 aliphatic heterocycles. The van der Waals surface area contributed by atoms with Crippen LogP contribution in [-0.4, -0.2) is 0 Å². The van der Waals surface area contributed by atoms with Gasteiger partial charge in [0.2, 0.25) is 0 Å². The summed E-state index contributed by atoms with van der Waals surface area (Å²) in [6.07, 6.45) is 0. The number of benzene rings is 2. The van der Waals surface area contributed by atoms with E-state index < -0.39 is 0 Å². The molecule has 0 fully saturated rings. The largest absolute Gasteiger partial charge is 0.198 e. The molecule has 2 aromatic carbocycles. The Bertz CT molecular complexity index is 489. The van der Waals surface area contributed by atoms with Gasteiger partial charge in [-0.25, -0.2) is 0 Å². The molecule has 0 aromatic heterocycles. The zero-order chi connectivity index (χ0) is 9.97. The molecule has 0 bridgehead atoms. The fourth-order valence-corrected chi connectivity index (χ4v) is 1.70. The molecule has 0 radical (unpaired) electrons. The van der Waals surface area contributed by atoms with Crippen molar-refractivity contribution >= 4 is 10.8 Å². The van der Waals surface area contributed by atoms with Gasteiger partial charge in [0.15, 0.2) is 0 Å². The highest BCUT2D eigenvalue weighted by molar-refractivity contribution is 5.86. The summed E-state index contributed by atoms with van der Waals surface area (Å²) in [5.41, 5.74) is 1.12. The van der Waals surface area contributed by atoms with Crippen molar-refractivity contribution in [1.29, 1.82) is 5.26 Å². The van der Waals surface area contributed by atoms with Crippen LogP contribution in [0, 0.1) is 11.3 Å². The first-order valence-electron chi connectivity index (χ1n) is 4.70. The lowest BCUT2D eigenvalue weighted by molar-refractivity contribution is 0.994. The molecule has 1 atom stereocenters. The molecule has 0 aliphatic carbocycles. The highest BCUT2D eigenvalue weighted by Crippen LogP contribution is 2.24. The Morgan fingerprint density at radius 2 is 1.79 bits per heavy atom. The van der Waals surface area contributed by atoms with E-state index in [1.807, 2.05) is 31.2 Å². The topological polar surface area (TPSA) is 23.8 Å². The first kappa shape index (κ1) is 8.77. The van der Waals surface area contributed by atoms with Gasteiger partial charge in [-0.05, 0) is 23.3 Å². The zero-order valence-electron chi connectivity index (χ0n) is 8.07. The Morgan fingerprint density at radius 3 is 2.57 bits per heavy atom. The van der Waals surface area contributed by atoms with E-state index in [2.05, 4.69) is 24.3 Å². The monoisotopic (exact) mass is 181 g/mol. The van der Waals surface area contributed by atoms with Crippen molar-refractivity contribution in [2.24, 2.45) is 0 Å². The summed E-state index contributed by atoms with van der Waals surface area (Å²) in [5.74, 6) is -0.0406. The molecular weight excluding hydrogens is 170 g/mol. The molecular formula is C13H11N. The number of hydrogen-bond donors (Lipinski definition) is 0. The van der Waals surface area contributed by atoms with Crippen LogP contribution in [0.3, 0.4) is 0 Å². The van der Waals surface area contributed by atoms with Crippen LogP contribution in [0.15, 0.2) is 42.5 Å². The van der Waals surface area contributed by atoms with Crippen molar-refractivity contribution in [3.05, 3.63) is 48.0 Å². The minimum atomic E-state index is -0.0406. The number of nitrogens with zero attached hydrogens (tertiary/aromatic N) is 1. The van der Waals surface area contributed by atoms with Crippen LogP contribution in [0.1, 0.15) is 18.4 Å². The van der Waals surface area contributed by atoms with Gasteiger partial charge in [-0.15, -0.1) is 0 Å². The summed E-state index contributed by atoms with van der Waals surface area (Å²) in [6, 6.07) is 16.5. The molecule has 0 amide bonds. The predicted molar refractivity (Wildman–Crippen MR) is 58.0 cm³/mol. The van der Waals surface area contributed by atoms with Crippen molar-refractivity contribution in [3.8, 4) is 6.07 Å². The fourth-order valence-electron chi connectivity index (χ4n) is 1.70. The summed E-state index contributed by atoms with van der Waals surface area (Å²) >= 11 is 0. The average Bonchev–Trinajstić information content (AvgIpc) is 2.27. The molecule has 0 saturated carbocycles. The maximum absolute atomic E-state index is 8.90. The Morgan fingerprint density at radius 1 is 1.07 bits per heavy atom. The molecule has 14 heavy (non-hydrogen) atoms. The van der Waals surface area contributed by atoms with E-state index in [9.17, 15) is 0 Å². The van der Waals surface area contributed by atoms with E-state index in [0.29, 0.717) is 0 Å². The maximum Gasteiger partial charge on any atom is 0.0701 e. The van der Waals surface area contributed by atoms with Gasteiger partial charge in [0.1, 0.15) is 0 Å². The Hall–Kier alpha value is -1.81. The molecule has 0 spiro atoms. The summed E-state index contributed by atoms with van der Waals surface area (Å²) in [6.45, 7) is 1.93. The summed E-state index contributed by atoms with van der Waals surface area (Å²) < 4.78 is 0. The SMILES string of the molecule is CC(C#N)c1cccc2ccccc12. The van der Waals surface area contributed by atoms with E-state index in [4.69, 9.17) is 5.26 Å². The van der Waals surface area contributed by atoms with Crippen molar-refractivity contribution < 1.29 is 0 Å². The summed E-state index contributed by atoms with van der Waals surface area (Å²) in [5, 5.41) is 11.3. The molecule has 2 aromatic rings. The first-order valence-corrected chi connectivity index (χ1v) is 4.70. The van der Waals surface area contributed by atoms with Gasteiger partial charge >= 0.3 is 0 Å². The van der Waals surface area contributed by atoms with Crippen molar-refractivity contribution in [2.75, 3.05) is 0 Å². The fraction of sp³-hybridized carbons (Fsp3) is 0.154. The van der Waals surface area contributed by atoms with Crippen LogP contribution in [-0.2, 0) is 0 Å². The molecule has 2 rings (SSSR count). The van der Waals surface area contributed by atoms with Gasteiger partial charge in [-0.2, -0.15) is 5.26 Å². The van der Waals surface area contributed by atoms with E-state index >= 15 is 0 Å². The Balaban J connectivity index is 2.72. The summed E-state index contributed by atoms with van der Waals surface area (Å²) in [7, 11) is 0.